The zero-order chi connectivity index (χ0) is 19.7. The molecule has 5 heteroatoms. The summed E-state index contributed by atoms with van der Waals surface area (Å²) in [4.78, 5) is 19.3. The van der Waals surface area contributed by atoms with Gasteiger partial charge in [0.25, 0.3) is 0 Å². The molecule has 28 heavy (non-hydrogen) atoms. The van der Waals surface area contributed by atoms with Gasteiger partial charge in [0.05, 0.1) is 7.11 Å². The molecule has 0 unspecified atom stereocenters. The van der Waals surface area contributed by atoms with Crippen molar-refractivity contribution in [3.05, 3.63) is 42.1 Å². The maximum atomic E-state index is 13.1. The van der Waals surface area contributed by atoms with Crippen LogP contribution < -0.4 is 9.64 Å². The fraction of sp³-hybridized carbons (Fsp3) is 0.478. The maximum Gasteiger partial charge on any atom is 0.229 e. The lowest BCUT2D eigenvalue weighted by atomic mass is 9.75. The summed E-state index contributed by atoms with van der Waals surface area (Å²) in [5, 5.41) is 0. The highest BCUT2D eigenvalue weighted by Crippen LogP contribution is 2.48. The van der Waals surface area contributed by atoms with Crippen molar-refractivity contribution in [3.8, 4) is 17.0 Å². The van der Waals surface area contributed by atoms with Crippen LogP contribution in [0.1, 0.15) is 38.7 Å². The fourth-order valence-corrected chi connectivity index (χ4v) is 4.38. The lowest BCUT2D eigenvalue weighted by Crippen LogP contribution is -2.42. The van der Waals surface area contributed by atoms with Gasteiger partial charge in [0.1, 0.15) is 0 Å². The van der Waals surface area contributed by atoms with Crippen molar-refractivity contribution in [2.24, 2.45) is 5.92 Å². The van der Waals surface area contributed by atoms with Crippen LogP contribution in [0.4, 0.5) is 5.69 Å². The molecule has 0 bridgehead atoms. The number of ether oxygens (including phenoxy) is 2. The molecular formula is C23H28N2O3. The van der Waals surface area contributed by atoms with Gasteiger partial charge in [0.15, 0.2) is 0 Å². The summed E-state index contributed by atoms with van der Waals surface area (Å²) in [6.07, 6.45) is 4.53. The zero-order valence-electron chi connectivity index (χ0n) is 16.9. The van der Waals surface area contributed by atoms with Crippen LogP contribution in [-0.4, -0.2) is 37.8 Å². The summed E-state index contributed by atoms with van der Waals surface area (Å²) in [7, 11) is 1.63. The summed E-state index contributed by atoms with van der Waals surface area (Å²) in [5.41, 5.74) is 4.54. The van der Waals surface area contributed by atoms with E-state index in [0.29, 0.717) is 5.88 Å². The number of pyridine rings is 1. The van der Waals surface area contributed by atoms with Crippen LogP contribution in [-0.2, 0) is 14.9 Å². The first kappa shape index (κ1) is 18.9. The van der Waals surface area contributed by atoms with Crippen molar-refractivity contribution in [1.82, 2.24) is 4.98 Å². The van der Waals surface area contributed by atoms with Crippen molar-refractivity contribution in [2.45, 2.75) is 38.5 Å². The first-order valence-corrected chi connectivity index (χ1v) is 10.1. The molecule has 2 aliphatic heterocycles. The molecule has 2 aliphatic rings. The second kappa shape index (κ2) is 7.55. The second-order valence-corrected chi connectivity index (χ2v) is 7.95. The number of rotatable bonds is 4. The van der Waals surface area contributed by atoms with Crippen molar-refractivity contribution in [2.75, 3.05) is 31.8 Å². The minimum atomic E-state index is -0.0101. The lowest BCUT2D eigenvalue weighted by Gasteiger charge is -2.34. The average Bonchev–Trinajstić information content (AvgIpc) is 3.06. The molecule has 0 aliphatic carbocycles. The molecule has 0 saturated carbocycles. The van der Waals surface area contributed by atoms with Gasteiger partial charge in [-0.1, -0.05) is 19.9 Å². The van der Waals surface area contributed by atoms with Gasteiger partial charge < -0.3 is 14.4 Å². The van der Waals surface area contributed by atoms with Crippen LogP contribution >= 0.6 is 0 Å². The molecule has 1 aromatic carbocycles. The number of nitrogens with zero attached hydrogens (tertiary/aromatic N) is 2. The molecule has 1 amide bonds. The van der Waals surface area contributed by atoms with E-state index in [2.05, 4.69) is 30.1 Å². The van der Waals surface area contributed by atoms with Gasteiger partial charge in [-0.2, -0.15) is 0 Å². The number of methoxy groups -OCH3 is 1. The van der Waals surface area contributed by atoms with Crippen LogP contribution in [0.3, 0.4) is 0 Å². The molecule has 0 N–H and O–H groups in total. The molecule has 1 saturated heterocycles. The molecule has 1 fully saturated rings. The monoisotopic (exact) mass is 380 g/mol. The summed E-state index contributed by atoms with van der Waals surface area (Å²) in [6.45, 7) is 6.35. The lowest BCUT2D eigenvalue weighted by molar-refractivity contribution is -0.122. The Labute approximate surface area is 166 Å². The molecule has 1 atom stereocenters. The van der Waals surface area contributed by atoms with Crippen LogP contribution in [0.25, 0.3) is 11.1 Å². The second-order valence-electron chi connectivity index (χ2n) is 7.95. The highest BCUT2D eigenvalue weighted by molar-refractivity contribution is 5.98. The minimum absolute atomic E-state index is 0.0101. The molecule has 5 nitrogen and oxygen atoms in total. The highest BCUT2D eigenvalue weighted by Gasteiger charge is 2.46. The Morgan fingerprint density at radius 2 is 2.00 bits per heavy atom. The Bertz CT molecular complexity index is 874. The molecule has 0 radical (unpaired) electrons. The van der Waals surface area contributed by atoms with E-state index in [9.17, 15) is 4.79 Å². The number of hydrogen-bond acceptors (Lipinski definition) is 4. The maximum absolute atomic E-state index is 13.1. The quantitative estimate of drug-likeness (QED) is 0.798. The Balaban J connectivity index is 1.79. The van der Waals surface area contributed by atoms with Crippen molar-refractivity contribution in [1.29, 1.82) is 0 Å². The van der Waals surface area contributed by atoms with E-state index in [1.807, 2.05) is 24.0 Å². The zero-order valence-corrected chi connectivity index (χ0v) is 16.9. The number of amides is 1. The third kappa shape index (κ3) is 3.18. The molecule has 2 aromatic rings. The van der Waals surface area contributed by atoms with Gasteiger partial charge in [0.2, 0.25) is 11.8 Å². The number of hydrogen-bond donors (Lipinski definition) is 0. The summed E-state index contributed by atoms with van der Waals surface area (Å²) in [6, 6.07) is 10.4. The van der Waals surface area contributed by atoms with Crippen molar-refractivity contribution >= 4 is 11.6 Å². The topological polar surface area (TPSA) is 51.7 Å². The Morgan fingerprint density at radius 3 is 2.71 bits per heavy atom. The van der Waals surface area contributed by atoms with Gasteiger partial charge >= 0.3 is 0 Å². The predicted molar refractivity (Wildman–Crippen MR) is 110 cm³/mol. The first-order chi connectivity index (χ1) is 13.6. The molecule has 3 heterocycles. The fourth-order valence-electron chi connectivity index (χ4n) is 4.38. The Kier molecular flexibility index (Phi) is 5.11. The normalized spacial score (nSPS) is 18.8. The third-order valence-electron chi connectivity index (χ3n) is 6.35. The van der Waals surface area contributed by atoms with E-state index < -0.39 is 0 Å². The third-order valence-corrected chi connectivity index (χ3v) is 6.35. The summed E-state index contributed by atoms with van der Waals surface area (Å²) in [5.74, 6) is 0.866. The Morgan fingerprint density at radius 1 is 1.25 bits per heavy atom. The first-order valence-electron chi connectivity index (χ1n) is 10.1. The number of anilines is 1. The van der Waals surface area contributed by atoms with Crippen LogP contribution in [0.5, 0.6) is 5.88 Å². The average molecular weight is 380 g/mol. The smallest absolute Gasteiger partial charge is 0.229 e. The van der Waals surface area contributed by atoms with E-state index in [-0.39, 0.29) is 17.2 Å². The predicted octanol–water partition coefficient (Wildman–Crippen LogP) is 4.20. The van der Waals surface area contributed by atoms with E-state index in [1.54, 1.807) is 13.3 Å². The van der Waals surface area contributed by atoms with Gasteiger partial charge in [-0.3, -0.25) is 4.79 Å². The van der Waals surface area contributed by atoms with E-state index in [0.717, 1.165) is 55.8 Å². The number of carbonyl (C=O) groups is 1. The van der Waals surface area contributed by atoms with Crippen LogP contribution in [0.15, 0.2) is 36.5 Å². The van der Waals surface area contributed by atoms with Crippen LogP contribution in [0, 0.1) is 5.92 Å². The molecule has 1 aromatic heterocycles. The van der Waals surface area contributed by atoms with Gasteiger partial charge in [-0.05, 0) is 54.2 Å². The number of carbonyl (C=O) groups excluding carboxylic acids is 1. The number of aromatic nitrogens is 1. The largest absolute Gasteiger partial charge is 0.481 e. The summed E-state index contributed by atoms with van der Waals surface area (Å²) < 4.78 is 10.9. The SMILES string of the molecule is CC[C@H](C)C(=O)N1CC2(CCOCC2)c2cc(-c3ccnc(OC)c3)ccc21. The van der Waals surface area contributed by atoms with Crippen molar-refractivity contribution in [3.63, 3.8) is 0 Å². The number of benzene rings is 1. The van der Waals surface area contributed by atoms with E-state index >= 15 is 0 Å². The molecular weight excluding hydrogens is 352 g/mol. The number of fused-ring (bicyclic) bond motifs is 2. The van der Waals surface area contributed by atoms with Crippen molar-refractivity contribution < 1.29 is 14.3 Å². The molecule has 148 valence electrons. The summed E-state index contributed by atoms with van der Waals surface area (Å²) >= 11 is 0. The van der Waals surface area contributed by atoms with Crippen LogP contribution in [0.2, 0.25) is 0 Å². The minimum Gasteiger partial charge on any atom is -0.481 e. The molecule has 1 spiro atoms. The van der Waals surface area contributed by atoms with Gasteiger partial charge in [-0.15, -0.1) is 0 Å². The standard InChI is InChI=1S/C23H28N2O3/c1-4-16(2)22(26)25-15-23(8-11-28-12-9-23)19-13-17(5-6-20(19)25)18-7-10-24-21(14-18)27-3/h5-7,10,13-14,16H,4,8-9,11-12,15H2,1-3H3/t16-/m0/s1. The molecule has 4 rings (SSSR count). The van der Waals surface area contributed by atoms with E-state index in [1.165, 1.54) is 5.56 Å². The van der Waals surface area contributed by atoms with Gasteiger partial charge in [-0.25, -0.2) is 4.98 Å². The Hall–Kier alpha value is -2.40. The van der Waals surface area contributed by atoms with E-state index in [4.69, 9.17) is 9.47 Å². The van der Waals surface area contributed by atoms with Gasteiger partial charge in [0, 0.05) is 49.0 Å². The highest BCUT2D eigenvalue weighted by atomic mass is 16.5.